The highest BCUT2D eigenvalue weighted by molar-refractivity contribution is 7.17. The van der Waals surface area contributed by atoms with Crippen LogP contribution >= 0.6 is 11.3 Å². The maximum Gasteiger partial charge on any atom is 0.271 e. The van der Waals surface area contributed by atoms with Crippen molar-refractivity contribution in [3.63, 3.8) is 0 Å². The topological polar surface area (TPSA) is 99.3 Å². The lowest BCUT2D eigenvalue weighted by atomic mass is 9.94. The molecule has 5 rings (SSSR count). The van der Waals surface area contributed by atoms with Gasteiger partial charge in [-0.1, -0.05) is 23.5 Å². The lowest BCUT2D eigenvalue weighted by Crippen LogP contribution is -2.48. The van der Waals surface area contributed by atoms with Crippen molar-refractivity contribution >= 4 is 33.8 Å². The average molecular weight is 466 g/mol. The number of anilines is 3. The van der Waals surface area contributed by atoms with Gasteiger partial charge >= 0.3 is 0 Å². The Labute approximate surface area is 196 Å². The molecular weight excluding hydrogens is 438 g/mol. The molecule has 33 heavy (non-hydrogen) atoms. The van der Waals surface area contributed by atoms with Crippen molar-refractivity contribution in [1.29, 1.82) is 0 Å². The van der Waals surface area contributed by atoms with Gasteiger partial charge in [-0.2, -0.15) is 0 Å². The van der Waals surface area contributed by atoms with Gasteiger partial charge in [0.05, 0.1) is 24.9 Å². The number of hydrogen-bond acceptors (Lipinski definition) is 7. The Morgan fingerprint density at radius 2 is 2.15 bits per heavy atom. The number of nitrogens with zero attached hydrogens (tertiary/aromatic N) is 2. The molecule has 2 aromatic heterocycles. The van der Waals surface area contributed by atoms with Gasteiger partial charge in [-0.05, 0) is 50.1 Å². The molecule has 2 aliphatic heterocycles. The van der Waals surface area contributed by atoms with Crippen LogP contribution in [0.1, 0.15) is 34.8 Å². The average Bonchev–Trinajstić information content (AvgIpc) is 3.19. The summed E-state index contributed by atoms with van der Waals surface area (Å²) < 4.78 is 5.80. The van der Waals surface area contributed by atoms with Crippen molar-refractivity contribution in [3.8, 4) is 0 Å². The zero-order valence-electron chi connectivity index (χ0n) is 18.7. The van der Waals surface area contributed by atoms with Crippen LogP contribution in [0.15, 0.2) is 47.4 Å². The highest BCUT2D eigenvalue weighted by atomic mass is 32.1. The Bertz CT molecular complexity index is 1230. The number of aromatic nitrogens is 2. The molecule has 1 aromatic carbocycles. The third-order valence-electron chi connectivity index (χ3n) is 5.92. The fraction of sp³-hybridized carbons (Fsp3) is 0.375. The first-order valence-electron chi connectivity index (χ1n) is 11.1. The number of aromatic amines is 1. The second kappa shape index (κ2) is 8.64. The van der Waals surface area contributed by atoms with E-state index in [-0.39, 0.29) is 23.0 Å². The molecule has 3 aromatic rings. The van der Waals surface area contributed by atoms with Crippen molar-refractivity contribution in [2.75, 3.05) is 30.0 Å². The molecule has 3 N–H and O–H groups in total. The lowest BCUT2D eigenvalue weighted by molar-refractivity contribution is 0.0900. The molecule has 0 bridgehead atoms. The van der Waals surface area contributed by atoms with E-state index >= 15 is 0 Å². The molecule has 0 saturated carbocycles. The third kappa shape index (κ3) is 4.65. The first-order valence-corrected chi connectivity index (χ1v) is 11.9. The monoisotopic (exact) mass is 465 g/mol. The standard InChI is InChI=1S/C24H27N5O3S/c1-24(2)13-19-20(22(31)28-24)33-23(27-19)29-9-10-32-14-17(29)12-15-5-3-6-16(11-15)26-18-7-4-8-25-21(18)30/h3-8,11,17,26H,9-10,12-14H2,1-2H3,(H,25,30)(H,28,31). The van der Waals surface area contributed by atoms with Gasteiger partial charge in [-0.15, -0.1) is 0 Å². The SMILES string of the molecule is CC1(C)Cc2nc(N3CCOCC3Cc3cccc(Nc4ccc[nH]c4=O)c3)sc2C(=O)N1. The molecule has 0 spiro atoms. The number of ether oxygens (including phenoxy) is 1. The number of benzene rings is 1. The normalized spacial score (nSPS) is 19.6. The number of fused-ring (bicyclic) bond motifs is 1. The van der Waals surface area contributed by atoms with E-state index < -0.39 is 0 Å². The van der Waals surface area contributed by atoms with Crippen molar-refractivity contribution < 1.29 is 9.53 Å². The van der Waals surface area contributed by atoms with Gasteiger partial charge < -0.3 is 25.3 Å². The second-order valence-electron chi connectivity index (χ2n) is 9.15. The van der Waals surface area contributed by atoms with Crippen LogP contribution in [0.5, 0.6) is 0 Å². The molecule has 1 unspecified atom stereocenters. The summed E-state index contributed by atoms with van der Waals surface area (Å²) in [6.07, 6.45) is 3.11. The van der Waals surface area contributed by atoms with Crippen molar-refractivity contribution in [2.45, 2.75) is 38.3 Å². The van der Waals surface area contributed by atoms with E-state index in [9.17, 15) is 9.59 Å². The molecule has 1 saturated heterocycles. The maximum absolute atomic E-state index is 12.6. The Balaban J connectivity index is 1.36. The van der Waals surface area contributed by atoms with E-state index in [1.54, 1.807) is 18.3 Å². The number of thiazole rings is 1. The molecule has 1 fully saturated rings. The fourth-order valence-corrected chi connectivity index (χ4v) is 5.46. The first-order chi connectivity index (χ1) is 15.9. The summed E-state index contributed by atoms with van der Waals surface area (Å²) in [5, 5.41) is 7.14. The summed E-state index contributed by atoms with van der Waals surface area (Å²) >= 11 is 1.47. The molecule has 1 atom stereocenters. The van der Waals surface area contributed by atoms with Crippen molar-refractivity contribution in [1.82, 2.24) is 15.3 Å². The fourth-order valence-electron chi connectivity index (χ4n) is 4.39. The summed E-state index contributed by atoms with van der Waals surface area (Å²) in [6, 6.07) is 11.7. The number of rotatable bonds is 5. The molecule has 2 aliphatic rings. The molecule has 1 amide bonds. The second-order valence-corrected chi connectivity index (χ2v) is 10.1. The number of morpholine rings is 1. The minimum absolute atomic E-state index is 0.0375. The van der Waals surface area contributed by atoms with Gasteiger partial charge in [0.15, 0.2) is 5.13 Å². The van der Waals surface area contributed by atoms with Gasteiger partial charge in [0.25, 0.3) is 11.5 Å². The minimum atomic E-state index is -0.284. The Morgan fingerprint density at radius 1 is 1.27 bits per heavy atom. The molecule has 172 valence electrons. The molecular formula is C24H27N5O3S. The predicted octanol–water partition coefficient (Wildman–Crippen LogP) is 3.09. The van der Waals surface area contributed by atoms with Crippen LogP contribution in [0, 0.1) is 0 Å². The summed E-state index contributed by atoms with van der Waals surface area (Å²) in [5.41, 5.74) is 2.94. The quantitative estimate of drug-likeness (QED) is 0.536. The smallest absolute Gasteiger partial charge is 0.271 e. The van der Waals surface area contributed by atoms with Gasteiger partial charge in [-0.3, -0.25) is 9.59 Å². The van der Waals surface area contributed by atoms with E-state index in [0.29, 0.717) is 23.8 Å². The third-order valence-corrected chi connectivity index (χ3v) is 7.06. The maximum atomic E-state index is 12.6. The number of H-pyrrole nitrogens is 1. The van der Waals surface area contributed by atoms with Crippen LogP contribution in [0.4, 0.5) is 16.5 Å². The van der Waals surface area contributed by atoms with Crippen molar-refractivity contribution in [3.05, 3.63) is 69.1 Å². The number of amides is 1. The van der Waals surface area contributed by atoms with E-state index in [2.05, 4.69) is 32.7 Å². The predicted molar refractivity (Wildman–Crippen MR) is 130 cm³/mol. The molecule has 0 radical (unpaired) electrons. The number of hydrogen-bond donors (Lipinski definition) is 3. The van der Waals surface area contributed by atoms with E-state index in [1.165, 1.54) is 11.3 Å². The Hall–Kier alpha value is -3.17. The van der Waals surface area contributed by atoms with E-state index in [0.717, 1.165) is 41.5 Å². The summed E-state index contributed by atoms with van der Waals surface area (Å²) in [4.78, 5) is 35.1. The first kappa shape index (κ1) is 21.7. The molecule has 8 nitrogen and oxygen atoms in total. The van der Waals surface area contributed by atoms with Crippen LogP contribution in [-0.2, 0) is 17.6 Å². The number of carbonyl (C=O) groups is 1. The van der Waals surface area contributed by atoms with Crippen LogP contribution < -0.4 is 21.1 Å². The van der Waals surface area contributed by atoms with Gasteiger partial charge in [0, 0.05) is 30.4 Å². The summed E-state index contributed by atoms with van der Waals surface area (Å²) in [7, 11) is 0. The Morgan fingerprint density at radius 3 is 3.00 bits per heavy atom. The van der Waals surface area contributed by atoms with E-state index in [1.807, 2.05) is 26.0 Å². The van der Waals surface area contributed by atoms with Crippen molar-refractivity contribution in [2.24, 2.45) is 0 Å². The number of carbonyl (C=O) groups excluding carboxylic acids is 1. The van der Waals surface area contributed by atoms with Crippen LogP contribution in [0.3, 0.4) is 0 Å². The van der Waals surface area contributed by atoms with Crippen LogP contribution in [0.2, 0.25) is 0 Å². The molecule has 9 heteroatoms. The highest BCUT2D eigenvalue weighted by Crippen LogP contribution is 2.34. The lowest BCUT2D eigenvalue weighted by Gasteiger charge is -2.35. The Kier molecular flexibility index (Phi) is 5.67. The summed E-state index contributed by atoms with van der Waals surface area (Å²) in [5.74, 6) is -0.0375. The minimum Gasteiger partial charge on any atom is -0.377 e. The van der Waals surface area contributed by atoms with Gasteiger partial charge in [0.1, 0.15) is 10.6 Å². The zero-order chi connectivity index (χ0) is 23.0. The van der Waals surface area contributed by atoms with Crippen LogP contribution in [0.25, 0.3) is 0 Å². The molecule has 4 heterocycles. The summed E-state index contributed by atoms with van der Waals surface area (Å²) in [6.45, 7) is 6.01. The van der Waals surface area contributed by atoms with Crippen LogP contribution in [-0.4, -0.2) is 47.2 Å². The van der Waals surface area contributed by atoms with Gasteiger partial charge in [0.2, 0.25) is 0 Å². The highest BCUT2D eigenvalue weighted by Gasteiger charge is 2.35. The zero-order valence-corrected chi connectivity index (χ0v) is 19.5. The van der Waals surface area contributed by atoms with Gasteiger partial charge in [-0.25, -0.2) is 4.98 Å². The number of nitrogens with one attached hydrogen (secondary N) is 3. The number of pyridine rings is 1. The molecule has 0 aliphatic carbocycles. The van der Waals surface area contributed by atoms with E-state index in [4.69, 9.17) is 9.72 Å². The largest absolute Gasteiger partial charge is 0.377 e.